The first-order valence-corrected chi connectivity index (χ1v) is 4.77. The average Bonchev–Trinajstić information content (AvgIpc) is 2.26. The highest BCUT2D eigenvalue weighted by atomic mass is 16.1. The van der Waals surface area contributed by atoms with Crippen LogP contribution in [0.15, 0.2) is 42.5 Å². The molecule has 0 saturated heterocycles. The van der Waals surface area contributed by atoms with Gasteiger partial charge in [-0.3, -0.25) is 4.79 Å². The number of primary amides is 1. The summed E-state index contributed by atoms with van der Waals surface area (Å²) in [5.41, 5.74) is 5.96. The van der Waals surface area contributed by atoms with Crippen molar-refractivity contribution in [3.63, 3.8) is 0 Å². The fourth-order valence-corrected chi connectivity index (χ4v) is 1.49. The van der Waals surface area contributed by atoms with Crippen molar-refractivity contribution in [2.45, 2.75) is 0 Å². The van der Waals surface area contributed by atoms with Gasteiger partial charge in [-0.2, -0.15) is 0 Å². The number of nitrogens with two attached hydrogens (primary N) is 1. The van der Waals surface area contributed by atoms with Gasteiger partial charge in [0.25, 0.3) is 0 Å². The quantitative estimate of drug-likeness (QED) is 0.792. The lowest BCUT2D eigenvalue weighted by Gasteiger charge is -2.05. The average molecular weight is 200 g/mol. The molecule has 0 saturated carbocycles. The van der Waals surface area contributed by atoms with Gasteiger partial charge in [0.05, 0.1) is 6.54 Å². The molecule has 2 aromatic carbocycles. The summed E-state index contributed by atoms with van der Waals surface area (Å²) in [5, 5.41) is 5.29. The van der Waals surface area contributed by atoms with E-state index in [9.17, 15) is 4.79 Å². The predicted octanol–water partition coefficient (Wildman–Crippen LogP) is 1.74. The van der Waals surface area contributed by atoms with E-state index >= 15 is 0 Å². The van der Waals surface area contributed by atoms with Gasteiger partial charge in [-0.25, -0.2) is 0 Å². The Bertz CT molecular complexity index is 494. The molecule has 0 atom stereocenters. The highest BCUT2D eigenvalue weighted by Crippen LogP contribution is 2.18. The lowest BCUT2D eigenvalue weighted by Crippen LogP contribution is -2.21. The van der Waals surface area contributed by atoms with Gasteiger partial charge in [-0.05, 0) is 22.9 Å². The van der Waals surface area contributed by atoms with Gasteiger partial charge in [-0.1, -0.05) is 30.3 Å². The Labute approximate surface area is 87.9 Å². The zero-order valence-electron chi connectivity index (χ0n) is 8.23. The second-order valence-electron chi connectivity index (χ2n) is 3.38. The Morgan fingerprint density at radius 3 is 2.60 bits per heavy atom. The summed E-state index contributed by atoms with van der Waals surface area (Å²) >= 11 is 0. The summed E-state index contributed by atoms with van der Waals surface area (Å²) in [6.45, 7) is 0.165. The van der Waals surface area contributed by atoms with Crippen molar-refractivity contribution in [1.82, 2.24) is 0 Å². The summed E-state index contributed by atoms with van der Waals surface area (Å²) in [6.07, 6.45) is 0. The Balaban J connectivity index is 2.26. The first kappa shape index (κ1) is 9.52. The van der Waals surface area contributed by atoms with Gasteiger partial charge in [0, 0.05) is 5.69 Å². The highest BCUT2D eigenvalue weighted by Gasteiger charge is 1.96. The molecule has 0 bridgehead atoms. The monoisotopic (exact) mass is 200 g/mol. The van der Waals surface area contributed by atoms with Crippen LogP contribution in [-0.4, -0.2) is 12.5 Å². The number of carbonyl (C=O) groups excluding carboxylic acids is 1. The summed E-state index contributed by atoms with van der Waals surface area (Å²) in [5.74, 6) is -0.358. The van der Waals surface area contributed by atoms with E-state index in [0.717, 1.165) is 11.1 Å². The molecule has 2 aromatic rings. The zero-order valence-corrected chi connectivity index (χ0v) is 8.23. The predicted molar refractivity (Wildman–Crippen MR) is 61.6 cm³/mol. The molecule has 2 rings (SSSR count). The van der Waals surface area contributed by atoms with E-state index in [-0.39, 0.29) is 12.5 Å². The van der Waals surface area contributed by atoms with E-state index in [1.807, 2.05) is 42.5 Å². The van der Waals surface area contributed by atoms with Crippen LogP contribution in [-0.2, 0) is 4.79 Å². The largest absolute Gasteiger partial charge is 0.376 e. The van der Waals surface area contributed by atoms with Crippen molar-refractivity contribution in [3.8, 4) is 0 Å². The molecule has 76 valence electrons. The van der Waals surface area contributed by atoms with Crippen LogP contribution in [0.2, 0.25) is 0 Å². The number of amides is 1. The molecule has 0 radical (unpaired) electrons. The Hall–Kier alpha value is -2.03. The van der Waals surface area contributed by atoms with E-state index in [1.54, 1.807) is 0 Å². The summed E-state index contributed by atoms with van der Waals surface area (Å²) in [7, 11) is 0. The molecule has 0 aliphatic heterocycles. The second kappa shape index (κ2) is 4.00. The maximum Gasteiger partial charge on any atom is 0.236 e. The number of anilines is 1. The van der Waals surface area contributed by atoms with Crippen LogP contribution in [0, 0.1) is 0 Å². The normalized spacial score (nSPS) is 10.1. The molecule has 15 heavy (non-hydrogen) atoms. The molecular formula is C12H12N2O. The molecule has 0 spiro atoms. The molecule has 0 aromatic heterocycles. The molecule has 3 nitrogen and oxygen atoms in total. The van der Waals surface area contributed by atoms with Crippen LogP contribution in [0.4, 0.5) is 5.69 Å². The van der Waals surface area contributed by atoms with Gasteiger partial charge >= 0.3 is 0 Å². The van der Waals surface area contributed by atoms with E-state index in [4.69, 9.17) is 5.73 Å². The maximum absolute atomic E-state index is 10.6. The van der Waals surface area contributed by atoms with Crippen molar-refractivity contribution in [2.75, 3.05) is 11.9 Å². The van der Waals surface area contributed by atoms with Gasteiger partial charge in [0.1, 0.15) is 0 Å². The summed E-state index contributed by atoms with van der Waals surface area (Å²) < 4.78 is 0. The minimum absolute atomic E-state index is 0.165. The van der Waals surface area contributed by atoms with Crippen LogP contribution in [0.5, 0.6) is 0 Å². The van der Waals surface area contributed by atoms with E-state index in [2.05, 4.69) is 5.32 Å². The van der Waals surface area contributed by atoms with Crippen LogP contribution in [0.25, 0.3) is 10.8 Å². The molecule has 3 N–H and O–H groups in total. The lowest BCUT2D eigenvalue weighted by molar-refractivity contribution is -0.116. The molecule has 0 fully saturated rings. The number of hydrogen-bond acceptors (Lipinski definition) is 2. The summed E-state index contributed by atoms with van der Waals surface area (Å²) in [6, 6.07) is 14.0. The molecule has 3 heteroatoms. The van der Waals surface area contributed by atoms with Crippen LogP contribution >= 0.6 is 0 Å². The molecule has 1 amide bonds. The number of nitrogens with one attached hydrogen (secondary N) is 1. The summed E-state index contributed by atoms with van der Waals surface area (Å²) in [4.78, 5) is 10.6. The van der Waals surface area contributed by atoms with E-state index in [1.165, 1.54) is 5.39 Å². The molecule has 0 aliphatic rings. The topological polar surface area (TPSA) is 55.1 Å². The number of benzene rings is 2. The fourth-order valence-electron chi connectivity index (χ4n) is 1.49. The number of carbonyl (C=O) groups is 1. The Morgan fingerprint density at radius 2 is 1.87 bits per heavy atom. The lowest BCUT2D eigenvalue weighted by atomic mass is 10.1. The van der Waals surface area contributed by atoms with Crippen molar-refractivity contribution in [1.29, 1.82) is 0 Å². The van der Waals surface area contributed by atoms with Gasteiger partial charge < -0.3 is 11.1 Å². The first-order chi connectivity index (χ1) is 7.25. The Kier molecular flexibility index (Phi) is 2.54. The maximum atomic E-state index is 10.6. The first-order valence-electron chi connectivity index (χ1n) is 4.77. The van der Waals surface area contributed by atoms with Crippen molar-refractivity contribution >= 4 is 22.4 Å². The number of hydrogen-bond donors (Lipinski definition) is 2. The highest BCUT2D eigenvalue weighted by molar-refractivity contribution is 5.86. The van der Waals surface area contributed by atoms with Crippen molar-refractivity contribution in [3.05, 3.63) is 42.5 Å². The Morgan fingerprint density at radius 1 is 1.13 bits per heavy atom. The second-order valence-corrected chi connectivity index (χ2v) is 3.38. The van der Waals surface area contributed by atoms with E-state index < -0.39 is 0 Å². The molecule has 0 heterocycles. The van der Waals surface area contributed by atoms with Crippen LogP contribution < -0.4 is 11.1 Å². The minimum Gasteiger partial charge on any atom is -0.376 e. The zero-order chi connectivity index (χ0) is 10.7. The van der Waals surface area contributed by atoms with Gasteiger partial charge in [-0.15, -0.1) is 0 Å². The molecule has 0 unspecified atom stereocenters. The van der Waals surface area contributed by atoms with Crippen molar-refractivity contribution < 1.29 is 4.79 Å². The third-order valence-corrected chi connectivity index (χ3v) is 2.22. The minimum atomic E-state index is -0.358. The van der Waals surface area contributed by atoms with Gasteiger partial charge in [0.2, 0.25) is 5.91 Å². The number of rotatable bonds is 3. The van der Waals surface area contributed by atoms with Crippen molar-refractivity contribution in [2.24, 2.45) is 5.73 Å². The third-order valence-electron chi connectivity index (χ3n) is 2.22. The fraction of sp³-hybridized carbons (Fsp3) is 0.0833. The molecular weight excluding hydrogens is 188 g/mol. The van der Waals surface area contributed by atoms with Crippen LogP contribution in [0.3, 0.4) is 0 Å². The molecule has 0 aliphatic carbocycles. The standard InChI is InChI=1S/C12H12N2O/c13-12(15)8-14-11-6-5-9-3-1-2-4-10(9)7-11/h1-7,14H,8H2,(H2,13,15). The van der Waals surface area contributed by atoms with E-state index in [0.29, 0.717) is 0 Å². The van der Waals surface area contributed by atoms with Gasteiger partial charge in [0.15, 0.2) is 0 Å². The number of fused-ring (bicyclic) bond motifs is 1. The SMILES string of the molecule is NC(=O)CNc1ccc2ccccc2c1. The third kappa shape index (κ3) is 2.26. The van der Waals surface area contributed by atoms with Crippen LogP contribution in [0.1, 0.15) is 0 Å². The smallest absolute Gasteiger partial charge is 0.236 e.